The second-order valence-electron chi connectivity index (χ2n) is 6.77. The highest BCUT2D eigenvalue weighted by atomic mass is 35.5. The molecule has 1 heterocycles. The average Bonchev–Trinajstić information content (AvgIpc) is 2.54. The number of nitrogens with zero attached hydrogens (tertiary/aromatic N) is 1. The molecule has 23 heavy (non-hydrogen) atoms. The Bertz CT molecular complexity index is 512. The molecule has 4 heteroatoms. The minimum absolute atomic E-state index is 0. The Morgan fingerprint density at radius 2 is 1.96 bits per heavy atom. The lowest BCUT2D eigenvalue weighted by molar-refractivity contribution is -0.132. The van der Waals surface area contributed by atoms with Gasteiger partial charge in [-0.1, -0.05) is 23.8 Å². The summed E-state index contributed by atoms with van der Waals surface area (Å²) in [6, 6.07) is 6.62. The van der Waals surface area contributed by atoms with Crippen molar-refractivity contribution in [2.75, 3.05) is 20.1 Å². The summed E-state index contributed by atoms with van der Waals surface area (Å²) in [7, 11) is 1.94. The van der Waals surface area contributed by atoms with Gasteiger partial charge < -0.3 is 10.2 Å². The lowest BCUT2D eigenvalue weighted by atomic mass is 9.92. The van der Waals surface area contributed by atoms with Crippen LogP contribution in [0.1, 0.15) is 55.3 Å². The van der Waals surface area contributed by atoms with Crippen molar-refractivity contribution in [3.05, 3.63) is 34.9 Å². The van der Waals surface area contributed by atoms with Gasteiger partial charge in [0, 0.05) is 13.5 Å². The summed E-state index contributed by atoms with van der Waals surface area (Å²) in [5.41, 5.74) is 3.77. The standard InChI is InChI=1S/C19H30N2O.ClH/c1-14-5-6-15(2)18(13-14)16(3)21(4)19(22)8-7-17-9-11-20-12-10-17;/h5-6,13,16-17,20H,7-12H2,1-4H3;1H. The molecule has 3 nitrogen and oxygen atoms in total. The molecule has 0 radical (unpaired) electrons. The van der Waals surface area contributed by atoms with Crippen LogP contribution in [0.15, 0.2) is 18.2 Å². The molecule has 1 aromatic rings. The van der Waals surface area contributed by atoms with Gasteiger partial charge >= 0.3 is 0 Å². The SMILES string of the molecule is Cc1ccc(C)c(C(C)N(C)C(=O)CCC2CCNCC2)c1.Cl. The van der Waals surface area contributed by atoms with E-state index in [-0.39, 0.29) is 24.4 Å². The van der Waals surface area contributed by atoms with Crippen LogP contribution in [0.4, 0.5) is 0 Å². The molecule has 2 rings (SSSR count). The van der Waals surface area contributed by atoms with Crippen molar-refractivity contribution in [1.29, 1.82) is 0 Å². The first kappa shape index (κ1) is 20.0. The largest absolute Gasteiger partial charge is 0.339 e. The molecule has 0 spiro atoms. The van der Waals surface area contributed by atoms with Gasteiger partial charge in [0.25, 0.3) is 0 Å². The van der Waals surface area contributed by atoms with E-state index in [0.717, 1.165) is 25.4 Å². The molecule has 1 aliphatic heterocycles. The van der Waals surface area contributed by atoms with E-state index < -0.39 is 0 Å². The number of rotatable bonds is 5. The van der Waals surface area contributed by atoms with Gasteiger partial charge in [0.1, 0.15) is 0 Å². The Kier molecular flexibility index (Phi) is 8.07. The molecule has 0 aromatic heterocycles. The third-order valence-electron chi connectivity index (χ3n) is 5.08. The summed E-state index contributed by atoms with van der Waals surface area (Å²) in [5, 5.41) is 3.38. The van der Waals surface area contributed by atoms with Gasteiger partial charge in [-0.05, 0) is 70.2 Å². The van der Waals surface area contributed by atoms with Crippen LogP contribution in [0.5, 0.6) is 0 Å². The molecule has 1 N–H and O–H groups in total. The highest BCUT2D eigenvalue weighted by Crippen LogP contribution is 2.25. The summed E-state index contributed by atoms with van der Waals surface area (Å²) < 4.78 is 0. The Morgan fingerprint density at radius 1 is 1.30 bits per heavy atom. The number of nitrogens with one attached hydrogen (secondary N) is 1. The quantitative estimate of drug-likeness (QED) is 0.879. The van der Waals surface area contributed by atoms with Crippen molar-refractivity contribution in [3.63, 3.8) is 0 Å². The highest BCUT2D eigenvalue weighted by molar-refractivity contribution is 5.85. The number of aryl methyl sites for hydroxylation is 2. The predicted octanol–water partition coefficient (Wildman–Crippen LogP) is 4.02. The zero-order chi connectivity index (χ0) is 16.1. The third-order valence-corrected chi connectivity index (χ3v) is 5.08. The van der Waals surface area contributed by atoms with Gasteiger partial charge in [0.15, 0.2) is 0 Å². The van der Waals surface area contributed by atoms with Gasteiger partial charge in [-0.2, -0.15) is 0 Å². The van der Waals surface area contributed by atoms with E-state index >= 15 is 0 Å². The van der Waals surface area contributed by atoms with Crippen molar-refractivity contribution in [2.45, 2.75) is 52.5 Å². The third kappa shape index (κ3) is 5.50. The monoisotopic (exact) mass is 338 g/mol. The minimum Gasteiger partial charge on any atom is -0.339 e. The van der Waals surface area contributed by atoms with Crippen LogP contribution in [0.25, 0.3) is 0 Å². The van der Waals surface area contributed by atoms with Crippen LogP contribution in [-0.4, -0.2) is 30.9 Å². The van der Waals surface area contributed by atoms with Crippen LogP contribution in [0, 0.1) is 19.8 Å². The maximum atomic E-state index is 12.5. The van der Waals surface area contributed by atoms with Gasteiger partial charge in [-0.25, -0.2) is 0 Å². The second kappa shape index (κ2) is 9.29. The molecule has 0 aliphatic carbocycles. The molecule has 1 saturated heterocycles. The fourth-order valence-corrected chi connectivity index (χ4v) is 3.31. The number of hydrogen-bond donors (Lipinski definition) is 1. The van der Waals surface area contributed by atoms with Crippen LogP contribution < -0.4 is 5.32 Å². The summed E-state index contributed by atoms with van der Waals surface area (Å²) in [6.45, 7) is 8.57. The van der Waals surface area contributed by atoms with Crippen molar-refractivity contribution in [1.82, 2.24) is 10.2 Å². The lowest BCUT2D eigenvalue weighted by Gasteiger charge is -2.28. The molecule has 1 unspecified atom stereocenters. The molecule has 1 amide bonds. The topological polar surface area (TPSA) is 32.3 Å². The molecule has 1 aromatic carbocycles. The van der Waals surface area contributed by atoms with Crippen LogP contribution in [0.3, 0.4) is 0 Å². The molecule has 1 aliphatic rings. The zero-order valence-electron chi connectivity index (χ0n) is 14.9. The molecular formula is C19H31ClN2O. The summed E-state index contributed by atoms with van der Waals surface area (Å²) in [4.78, 5) is 14.4. The van der Waals surface area contributed by atoms with Crippen molar-refractivity contribution in [2.24, 2.45) is 5.92 Å². The normalized spacial score (nSPS) is 16.5. The molecular weight excluding hydrogens is 308 g/mol. The first-order valence-electron chi connectivity index (χ1n) is 8.52. The van der Waals surface area contributed by atoms with E-state index in [1.54, 1.807) is 0 Å². The van der Waals surface area contributed by atoms with E-state index in [9.17, 15) is 4.79 Å². The Balaban J connectivity index is 0.00000264. The Labute approximate surface area is 147 Å². The first-order chi connectivity index (χ1) is 10.5. The lowest BCUT2D eigenvalue weighted by Crippen LogP contribution is -2.32. The molecule has 1 atom stereocenters. The maximum Gasteiger partial charge on any atom is 0.222 e. The predicted molar refractivity (Wildman–Crippen MR) is 99.2 cm³/mol. The Hall–Kier alpha value is -1.06. The van der Waals surface area contributed by atoms with Crippen LogP contribution >= 0.6 is 12.4 Å². The fraction of sp³-hybridized carbons (Fsp3) is 0.632. The Morgan fingerprint density at radius 3 is 2.61 bits per heavy atom. The summed E-state index contributed by atoms with van der Waals surface area (Å²) >= 11 is 0. The van der Waals surface area contributed by atoms with E-state index in [1.165, 1.54) is 29.5 Å². The minimum atomic E-state index is 0. The number of carbonyl (C=O) groups excluding carboxylic acids is 1. The number of halogens is 1. The molecule has 0 saturated carbocycles. The average molecular weight is 339 g/mol. The van der Waals surface area contributed by atoms with Gasteiger partial charge in [0.05, 0.1) is 6.04 Å². The number of hydrogen-bond acceptors (Lipinski definition) is 2. The van der Waals surface area contributed by atoms with Gasteiger partial charge in [-0.3, -0.25) is 4.79 Å². The number of amides is 1. The maximum absolute atomic E-state index is 12.5. The van der Waals surface area contributed by atoms with Crippen molar-refractivity contribution < 1.29 is 4.79 Å². The molecule has 0 bridgehead atoms. The van der Waals surface area contributed by atoms with Crippen molar-refractivity contribution >= 4 is 18.3 Å². The van der Waals surface area contributed by atoms with Crippen molar-refractivity contribution in [3.8, 4) is 0 Å². The number of carbonyl (C=O) groups is 1. The van der Waals surface area contributed by atoms with Crippen LogP contribution in [0.2, 0.25) is 0 Å². The summed E-state index contributed by atoms with van der Waals surface area (Å²) in [5.74, 6) is 0.988. The van der Waals surface area contributed by atoms with Gasteiger partial charge in [0.2, 0.25) is 5.91 Å². The fourth-order valence-electron chi connectivity index (χ4n) is 3.31. The highest BCUT2D eigenvalue weighted by Gasteiger charge is 2.21. The second-order valence-corrected chi connectivity index (χ2v) is 6.77. The zero-order valence-corrected chi connectivity index (χ0v) is 15.7. The smallest absolute Gasteiger partial charge is 0.222 e. The molecule has 1 fully saturated rings. The summed E-state index contributed by atoms with van der Waals surface area (Å²) in [6.07, 6.45) is 4.13. The van der Waals surface area contributed by atoms with E-state index in [4.69, 9.17) is 0 Å². The van der Waals surface area contributed by atoms with E-state index in [0.29, 0.717) is 6.42 Å². The number of benzene rings is 1. The van der Waals surface area contributed by atoms with E-state index in [2.05, 4.69) is 44.3 Å². The molecule has 130 valence electrons. The van der Waals surface area contributed by atoms with Gasteiger partial charge in [-0.15, -0.1) is 12.4 Å². The van der Waals surface area contributed by atoms with Crippen LogP contribution in [-0.2, 0) is 4.79 Å². The number of piperidine rings is 1. The van der Waals surface area contributed by atoms with E-state index in [1.807, 2.05) is 11.9 Å². The first-order valence-corrected chi connectivity index (χ1v) is 8.52.